The standard InChI is InChI=1S/C14H21N3O/c1-3-10(2)16-14(18)12-9-15-17-13(12)11-7-5-4-6-8-11/h4-8,10,12-13,15,17H,3,9H2,1-2H3,(H,16,18). The predicted octanol–water partition coefficient (Wildman–Crippen LogP) is 1.37. The zero-order chi connectivity index (χ0) is 13.0. The third-order valence-corrected chi connectivity index (χ3v) is 3.48. The van der Waals surface area contributed by atoms with Gasteiger partial charge in [-0.3, -0.25) is 10.2 Å². The van der Waals surface area contributed by atoms with E-state index in [1.165, 1.54) is 0 Å². The number of nitrogens with one attached hydrogen (secondary N) is 3. The summed E-state index contributed by atoms with van der Waals surface area (Å²) >= 11 is 0. The van der Waals surface area contributed by atoms with E-state index in [0.29, 0.717) is 6.54 Å². The van der Waals surface area contributed by atoms with E-state index in [-0.39, 0.29) is 23.9 Å². The van der Waals surface area contributed by atoms with Gasteiger partial charge in [-0.15, -0.1) is 0 Å². The van der Waals surface area contributed by atoms with Gasteiger partial charge in [0.25, 0.3) is 0 Å². The Hall–Kier alpha value is -1.39. The molecule has 1 heterocycles. The molecular formula is C14H21N3O. The van der Waals surface area contributed by atoms with Crippen LogP contribution < -0.4 is 16.2 Å². The molecular weight excluding hydrogens is 226 g/mol. The van der Waals surface area contributed by atoms with Gasteiger partial charge >= 0.3 is 0 Å². The molecule has 18 heavy (non-hydrogen) atoms. The molecule has 4 heteroatoms. The lowest BCUT2D eigenvalue weighted by Gasteiger charge is -2.20. The molecule has 1 aliphatic rings. The van der Waals surface area contributed by atoms with Crippen LogP contribution in [0.3, 0.4) is 0 Å². The van der Waals surface area contributed by atoms with Crippen LogP contribution >= 0.6 is 0 Å². The van der Waals surface area contributed by atoms with Crippen LogP contribution in [0.2, 0.25) is 0 Å². The van der Waals surface area contributed by atoms with Crippen molar-refractivity contribution in [1.82, 2.24) is 16.2 Å². The number of amides is 1. The van der Waals surface area contributed by atoms with Crippen molar-refractivity contribution in [3.05, 3.63) is 35.9 Å². The Morgan fingerprint density at radius 3 is 2.83 bits per heavy atom. The molecule has 1 aromatic carbocycles. The lowest BCUT2D eigenvalue weighted by atomic mass is 9.94. The molecule has 1 fully saturated rings. The summed E-state index contributed by atoms with van der Waals surface area (Å²) in [5, 5.41) is 3.05. The summed E-state index contributed by atoms with van der Waals surface area (Å²) in [5.74, 6) is 0.0668. The number of hydrogen-bond acceptors (Lipinski definition) is 3. The van der Waals surface area contributed by atoms with Crippen molar-refractivity contribution in [3.8, 4) is 0 Å². The molecule has 98 valence electrons. The molecule has 3 atom stereocenters. The lowest BCUT2D eigenvalue weighted by molar-refractivity contribution is -0.125. The van der Waals surface area contributed by atoms with Crippen molar-refractivity contribution < 1.29 is 4.79 Å². The fraction of sp³-hybridized carbons (Fsp3) is 0.500. The van der Waals surface area contributed by atoms with Crippen molar-refractivity contribution >= 4 is 5.91 Å². The molecule has 1 aliphatic heterocycles. The van der Waals surface area contributed by atoms with Crippen LogP contribution in [0.25, 0.3) is 0 Å². The number of benzene rings is 1. The Bertz CT molecular complexity index is 393. The maximum atomic E-state index is 12.2. The van der Waals surface area contributed by atoms with Crippen LogP contribution in [-0.4, -0.2) is 18.5 Å². The maximum absolute atomic E-state index is 12.2. The van der Waals surface area contributed by atoms with E-state index in [4.69, 9.17) is 0 Å². The zero-order valence-electron chi connectivity index (χ0n) is 10.9. The largest absolute Gasteiger partial charge is 0.353 e. The van der Waals surface area contributed by atoms with Gasteiger partial charge in [-0.25, -0.2) is 5.43 Å². The number of carbonyl (C=O) groups is 1. The highest BCUT2D eigenvalue weighted by molar-refractivity contribution is 5.80. The van der Waals surface area contributed by atoms with E-state index in [0.717, 1.165) is 12.0 Å². The molecule has 0 radical (unpaired) electrons. The highest BCUT2D eigenvalue weighted by atomic mass is 16.2. The molecule has 1 aromatic rings. The average Bonchev–Trinajstić information content (AvgIpc) is 2.88. The van der Waals surface area contributed by atoms with Crippen LogP contribution in [-0.2, 0) is 4.79 Å². The predicted molar refractivity (Wildman–Crippen MR) is 71.7 cm³/mol. The van der Waals surface area contributed by atoms with Crippen molar-refractivity contribution in [1.29, 1.82) is 0 Å². The first-order valence-corrected chi connectivity index (χ1v) is 6.56. The summed E-state index contributed by atoms with van der Waals surface area (Å²) in [4.78, 5) is 12.2. The number of rotatable bonds is 4. The van der Waals surface area contributed by atoms with E-state index < -0.39 is 0 Å². The molecule has 2 rings (SSSR count). The van der Waals surface area contributed by atoms with Gasteiger partial charge in [0.2, 0.25) is 5.91 Å². The van der Waals surface area contributed by atoms with Crippen LogP contribution in [0.1, 0.15) is 31.9 Å². The normalized spacial score (nSPS) is 24.8. The van der Waals surface area contributed by atoms with E-state index in [1.807, 2.05) is 37.3 Å². The number of hydrogen-bond donors (Lipinski definition) is 3. The molecule has 3 N–H and O–H groups in total. The molecule has 3 unspecified atom stereocenters. The van der Waals surface area contributed by atoms with Gasteiger partial charge in [-0.05, 0) is 18.9 Å². The molecule has 0 saturated carbocycles. The van der Waals surface area contributed by atoms with E-state index in [9.17, 15) is 4.79 Å². The van der Waals surface area contributed by atoms with E-state index in [1.54, 1.807) is 0 Å². The first kappa shape index (κ1) is 13.1. The van der Waals surface area contributed by atoms with Gasteiger partial charge in [0.1, 0.15) is 0 Å². The minimum Gasteiger partial charge on any atom is -0.353 e. The Morgan fingerprint density at radius 2 is 2.17 bits per heavy atom. The fourth-order valence-electron chi connectivity index (χ4n) is 2.17. The van der Waals surface area contributed by atoms with Crippen LogP contribution in [0.5, 0.6) is 0 Å². The van der Waals surface area contributed by atoms with Crippen molar-refractivity contribution in [2.75, 3.05) is 6.54 Å². The first-order chi connectivity index (χ1) is 8.72. The quantitative estimate of drug-likeness (QED) is 0.753. The topological polar surface area (TPSA) is 53.2 Å². The zero-order valence-corrected chi connectivity index (χ0v) is 10.9. The van der Waals surface area contributed by atoms with Gasteiger partial charge in [0.05, 0.1) is 12.0 Å². The summed E-state index contributed by atoms with van der Waals surface area (Å²) in [7, 11) is 0. The smallest absolute Gasteiger partial charge is 0.226 e. The van der Waals surface area contributed by atoms with E-state index >= 15 is 0 Å². The monoisotopic (exact) mass is 247 g/mol. The van der Waals surface area contributed by atoms with Crippen molar-refractivity contribution in [3.63, 3.8) is 0 Å². The molecule has 4 nitrogen and oxygen atoms in total. The van der Waals surface area contributed by atoms with Gasteiger partial charge in [-0.2, -0.15) is 0 Å². The average molecular weight is 247 g/mol. The van der Waals surface area contributed by atoms with Crippen LogP contribution in [0, 0.1) is 5.92 Å². The van der Waals surface area contributed by atoms with Crippen molar-refractivity contribution in [2.45, 2.75) is 32.4 Å². The highest BCUT2D eigenvalue weighted by Crippen LogP contribution is 2.24. The van der Waals surface area contributed by atoms with Crippen LogP contribution in [0.15, 0.2) is 30.3 Å². The summed E-state index contributed by atoms with van der Waals surface area (Å²) in [6, 6.07) is 10.4. The molecule has 1 saturated heterocycles. The number of hydrazine groups is 1. The maximum Gasteiger partial charge on any atom is 0.226 e. The van der Waals surface area contributed by atoms with Gasteiger partial charge in [0.15, 0.2) is 0 Å². The minimum atomic E-state index is -0.0543. The third-order valence-electron chi connectivity index (χ3n) is 3.48. The molecule has 0 bridgehead atoms. The molecule has 0 spiro atoms. The summed E-state index contributed by atoms with van der Waals surface area (Å²) < 4.78 is 0. The lowest BCUT2D eigenvalue weighted by Crippen LogP contribution is -2.39. The van der Waals surface area contributed by atoms with Crippen LogP contribution in [0.4, 0.5) is 0 Å². The summed E-state index contributed by atoms with van der Waals surface area (Å²) in [5.41, 5.74) is 7.41. The molecule has 0 aromatic heterocycles. The SMILES string of the molecule is CCC(C)NC(=O)C1CNNC1c1ccccc1. The minimum absolute atomic E-state index is 0.0512. The van der Waals surface area contributed by atoms with Gasteiger partial charge in [0, 0.05) is 12.6 Å². The highest BCUT2D eigenvalue weighted by Gasteiger charge is 2.33. The summed E-state index contributed by atoms with van der Waals surface area (Å²) in [6.07, 6.45) is 0.954. The molecule has 1 amide bonds. The second kappa shape index (κ2) is 5.98. The summed E-state index contributed by atoms with van der Waals surface area (Å²) in [6.45, 7) is 4.78. The Balaban J connectivity index is 2.06. The Labute approximate surface area is 108 Å². The Morgan fingerprint density at radius 1 is 1.44 bits per heavy atom. The van der Waals surface area contributed by atoms with Gasteiger partial charge in [-0.1, -0.05) is 37.3 Å². The molecule has 0 aliphatic carbocycles. The van der Waals surface area contributed by atoms with Gasteiger partial charge < -0.3 is 5.32 Å². The number of carbonyl (C=O) groups excluding carboxylic acids is 1. The van der Waals surface area contributed by atoms with Crippen molar-refractivity contribution in [2.24, 2.45) is 5.92 Å². The fourth-order valence-corrected chi connectivity index (χ4v) is 2.17. The second-order valence-corrected chi connectivity index (χ2v) is 4.84. The Kier molecular flexibility index (Phi) is 4.33. The second-order valence-electron chi connectivity index (χ2n) is 4.84. The van der Waals surface area contributed by atoms with E-state index in [2.05, 4.69) is 23.1 Å². The third kappa shape index (κ3) is 2.89. The first-order valence-electron chi connectivity index (χ1n) is 6.56.